The second kappa shape index (κ2) is 3.31. The fourth-order valence-corrected chi connectivity index (χ4v) is 3.75. The van der Waals surface area contributed by atoms with Gasteiger partial charge in [0.1, 0.15) is 5.78 Å². The number of ketones is 1. The van der Waals surface area contributed by atoms with Crippen LogP contribution in [0.15, 0.2) is 0 Å². The molecule has 2 bridgehead atoms. The van der Waals surface area contributed by atoms with Crippen molar-refractivity contribution < 1.29 is 9.53 Å². The Morgan fingerprint density at radius 2 is 2.13 bits per heavy atom. The highest BCUT2D eigenvalue weighted by atomic mass is 16.5. The van der Waals surface area contributed by atoms with E-state index in [4.69, 9.17) is 4.74 Å². The predicted molar refractivity (Wildman–Crippen MR) is 59.7 cm³/mol. The number of hydrogen-bond acceptors (Lipinski definition) is 2. The molecule has 2 heteroatoms. The third kappa shape index (κ3) is 1.54. The van der Waals surface area contributed by atoms with Crippen LogP contribution in [-0.4, -0.2) is 17.5 Å². The summed E-state index contributed by atoms with van der Waals surface area (Å²) < 4.78 is 6.19. The van der Waals surface area contributed by atoms with Crippen LogP contribution in [0.5, 0.6) is 0 Å². The molecule has 0 aromatic rings. The fourth-order valence-electron chi connectivity index (χ4n) is 3.75. The van der Waals surface area contributed by atoms with E-state index in [1.54, 1.807) is 6.92 Å². The number of hydrogen-bond donors (Lipinski definition) is 0. The molecule has 0 spiro atoms. The van der Waals surface area contributed by atoms with Gasteiger partial charge < -0.3 is 9.53 Å². The molecule has 0 N–H and O–H groups in total. The Bertz CT molecular complexity index is 282. The van der Waals surface area contributed by atoms with Crippen molar-refractivity contribution in [1.82, 2.24) is 0 Å². The summed E-state index contributed by atoms with van der Waals surface area (Å²) in [4.78, 5) is 11.1. The summed E-state index contributed by atoms with van der Waals surface area (Å²) >= 11 is 0. The van der Waals surface area contributed by atoms with Crippen LogP contribution in [0.2, 0.25) is 0 Å². The first-order valence-electron chi connectivity index (χ1n) is 6.05. The van der Waals surface area contributed by atoms with E-state index in [-0.39, 0.29) is 16.8 Å². The molecule has 2 rings (SSSR count). The van der Waals surface area contributed by atoms with Gasteiger partial charge in [0.15, 0.2) is 0 Å². The summed E-state index contributed by atoms with van der Waals surface area (Å²) in [6, 6.07) is 0. The van der Waals surface area contributed by atoms with E-state index in [9.17, 15) is 4.79 Å². The Kier molecular flexibility index (Phi) is 2.45. The van der Waals surface area contributed by atoms with Crippen molar-refractivity contribution in [3.63, 3.8) is 0 Å². The molecular formula is C13H22O2. The molecule has 2 fully saturated rings. The summed E-state index contributed by atoms with van der Waals surface area (Å²) in [6.07, 6.45) is 4.37. The SMILES string of the molecule is CC(=O)CCC12O[C@H](C[C@H]1C)CC2(C)C. The summed E-state index contributed by atoms with van der Waals surface area (Å²) in [5.41, 5.74) is 0.216. The molecule has 0 saturated carbocycles. The number of Topliss-reactive ketones (excluding diaryl/α,β-unsaturated/α-hetero) is 1. The topological polar surface area (TPSA) is 26.3 Å². The molecule has 3 atom stereocenters. The van der Waals surface area contributed by atoms with E-state index in [1.165, 1.54) is 6.42 Å². The van der Waals surface area contributed by atoms with Crippen LogP contribution in [0.1, 0.15) is 53.4 Å². The highest BCUT2D eigenvalue weighted by Gasteiger charge is 2.61. The van der Waals surface area contributed by atoms with Crippen molar-refractivity contribution in [1.29, 1.82) is 0 Å². The van der Waals surface area contributed by atoms with Gasteiger partial charge >= 0.3 is 0 Å². The summed E-state index contributed by atoms with van der Waals surface area (Å²) in [6.45, 7) is 8.54. The minimum atomic E-state index is -0.0245. The molecule has 2 heterocycles. The van der Waals surface area contributed by atoms with E-state index in [2.05, 4.69) is 20.8 Å². The van der Waals surface area contributed by atoms with Crippen LogP contribution in [0, 0.1) is 11.3 Å². The van der Waals surface area contributed by atoms with Crippen LogP contribution >= 0.6 is 0 Å². The molecule has 2 saturated heterocycles. The quantitative estimate of drug-likeness (QED) is 0.716. The van der Waals surface area contributed by atoms with Gasteiger partial charge in [0.25, 0.3) is 0 Å². The number of fused-ring (bicyclic) bond motifs is 2. The molecule has 2 nitrogen and oxygen atoms in total. The summed E-state index contributed by atoms with van der Waals surface area (Å²) in [5.74, 6) is 0.886. The summed E-state index contributed by atoms with van der Waals surface area (Å²) in [5, 5.41) is 0. The lowest BCUT2D eigenvalue weighted by atomic mass is 9.61. The number of ether oxygens (including phenoxy) is 1. The van der Waals surface area contributed by atoms with Gasteiger partial charge in [-0.3, -0.25) is 0 Å². The van der Waals surface area contributed by atoms with Gasteiger partial charge in [0.05, 0.1) is 11.7 Å². The molecule has 2 aliphatic heterocycles. The average molecular weight is 210 g/mol. The van der Waals surface area contributed by atoms with E-state index in [0.29, 0.717) is 18.4 Å². The Balaban J connectivity index is 2.18. The molecule has 0 aromatic heterocycles. The Hall–Kier alpha value is -0.370. The first-order chi connectivity index (χ1) is 6.87. The Morgan fingerprint density at radius 3 is 2.60 bits per heavy atom. The minimum Gasteiger partial charge on any atom is -0.371 e. The van der Waals surface area contributed by atoms with E-state index in [1.807, 2.05) is 0 Å². The largest absolute Gasteiger partial charge is 0.371 e. The van der Waals surface area contributed by atoms with Crippen molar-refractivity contribution in [3.8, 4) is 0 Å². The standard InChI is InChI=1S/C13H22O2/c1-9-7-11-8-12(3,4)13(9,15-11)6-5-10(2)14/h9,11H,5-8H2,1-4H3/t9-,11-,13?/m1/s1. The van der Waals surface area contributed by atoms with Gasteiger partial charge in [-0.25, -0.2) is 0 Å². The van der Waals surface area contributed by atoms with Crippen molar-refractivity contribution in [3.05, 3.63) is 0 Å². The zero-order valence-corrected chi connectivity index (χ0v) is 10.3. The second-order valence-electron chi connectivity index (χ2n) is 6.06. The van der Waals surface area contributed by atoms with E-state index < -0.39 is 0 Å². The summed E-state index contributed by atoms with van der Waals surface area (Å²) in [7, 11) is 0. The van der Waals surface area contributed by atoms with Gasteiger partial charge in [0.2, 0.25) is 0 Å². The maximum Gasteiger partial charge on any atom is 0.129 e. The van der Waals surface area contributed by atoms with Crippen molar-refractivity contribution in [2.75, 3.05) is 0 Å². The third-order valence-corrected chi connectivity index (χ3v) is 4.52. The number of carbonyl (C=O) groups is 1. The molecular weight excluding hydrogens is 188 g/mol. The molecule has 0 amide bonds. The Labute approximate surface area is 92.4 Å². The van der Waals surface area contributed by atoms with Crippen LogP contribution in [0.4, 0.5) is 0 Å². The Morgan fingerprint density at radius 1 is 1.47 bits per heavy atom. The van der Waals surface area contributed by atoms with Gasteiger partial charge in [-0.15, -0.1) is 0 Å². The van der Waals surface area contributed by atoms with Crippen LogP contribution in [0.3, 0.4) is 0 Å². The minimum absolute atomic E-state index is 0.0245. The number of rotatable bonds is 3. The zero-order chi connectivity index (χ0) is 11.3. The lowest BCUT2D eigenvalue weighted by molar-refractivity contribution is -0.120. The predicted octanol–water partition coefficient (Wildman–Crippen LogP) is 2.95. The smallest absolute Gasteiger partial charge is 0.129 e. The van der Waals surface area contributed by atoms with Gasteiger partial charge in [-0.2, -0.15) is 0 Å². The molecule has 1 unspecified atom stereocenters. The first-order valence-corrected chi connectivity index (χ1v) is 6.05. The van der Waals surface area contributed by atoms with Crippen LogP contribution in [0.25, 0.3) is 0 Å². The highest BCUT2D eigenvalue weighted by Crippen LogP contribution is 2.59. The van der Waals surface area contributed by atoms with Crippen LogP contribution in [-0.2, 0) is 9.53 Å². The van der Waals surface area contributed by atoms with Crippen molar-refractivity contribution in [2.24, 2.45) is 11.3 Å². The zero-order valence-electron chi connectivity index (χ0n) is 10.3. The molecule has 0 aromatic carbocycles. The maximum absolute atomic E-state index is 11.1. The molecule has 86 valence electrons. The lowest BCUT2D eigenvalue weighted by Crippen LogP contribution is -2.46. The molecule has 2 aliphatic rings. The van der Waals surface area contributed by atoms with Gasteiger partial charge in [-0.1, -0.05) is 20.8 Å². The third-order valence-electron chi connectivity index (χ3n) is 4.52. The van der Waals surface area contributed by atoms with Gasteiger partial charge in [0, 0.05) is 6.42 Å². The molecule has 0 radical (unpaired) electrons. The monoisotopic (exact) mass is 210 g/mol. The second-order valence-corrected chi connectivity index (χ2v) is 6.06. The normalized spacial score (nSPS) is 42.1. The molecule has 15 heavy (non-hydrogen) atoms. The van der Waals surface area contributed by atoms with Crippen molar-refractivity contribution in [2.45, 2.75) is 65.1 Å². The van der Waals surface area contributed by atoms with Crippen molar-refractivity contribution >= 4 is 5.78 Å². The first kappa shape index (κ1) is 11.1. The maximum atomic E-state index is 11.1. The van der Waals surface area contributed by atoms with Crippen LogP contribution < -0.4 is 0 Å². The lowest BCUT2D eigenvalue weighted by Gasteiger charge is -2.43. The van der Waals surface area contributed by atoms with E-state index in [0.717, 1.165) is 12.8 Å². The van der Waals surface area contributed by atoms with E-state index >= 15 is 0 Å². The fraction of sp³-hybridized carbons (Fsp3) is 0.923. The van der Waals surface area contributed by atoms with Gasteiger partial charge in [-0.05, 0) is 37.5 Å². The number of carbonyl (C=O) groups excluding carboxylic acids is 1. The molecule has 0 aliphatic carbocycles. The highest BCUT2D eigenvalue weighted by molar-refractivity contribution is 5.75. The average Bonchev–Trinajstić information content (AvgIpc) is 2.50.